The van der Waals surface area contributed by atoms with Crippen LogP contribution in [0.15, 0.2) is 235 Å². The first-order valence-electron chi connectivity index (χ1n) is 23.8. The minimum Gasteiger partial charge on any atom is -0.247 e. The summed E-state index contributed by atoms with van der Waals surface area (Å²) in [5, 5.41) is 11.5. The third-order valence-corrected chi connectivity index (χ3v) is 15.9. The molecule has 1 aromatic heterocycles. The Morgan fingerprint density at radius 2 is 1.10 bits per heavy atom. The number of allylic oxidation sites excluding steroid dienone is 14. The molecule has 9 aromatic carbocycles. The number of aromatic nitrogens is 1. The van der Waals surface area contributed by atoms with Gasteiger partial charge in [-0.1, -0.05) is 202 Å². The van der Waals surface area contributed by atoms with E-state index in [1.165, 1.54) is 132 Å². The molecule has 2 unspecified atom stereocenters. The van der Waals surface area contributed by atoms with E-state index in [0.717, 1.165) is 11.2 Å². The normalized spacial score (nSPS) is 18.4. The standard InChI is InChI=1S/C66H43N/c1-66(2)56-16-6-5-15-55(56)65-64(66)62(63-52-14-4-3-9-39(52)29-34-57(63)67-65)46-19-17-38(18-20-46)47-35-48(50-30-25-44-23-21-40-10-7-12-42-27-32-53(50)60(44)58(40)42)37-49(36-47)51-31-26-45-24-22-41-11-8-13-43-28-33-54(51)61(45)59(41)43/h3-37,58,60H,1-2H3. The predicted molar refractivity (Wildman–Crippen MR) is 282 cm³/mol. The van der Waals surface area contributed by atoms with Crippen molar-refractivity contribution in [1.29, 1.82) is 0 Å². The Morgan fingerprint density at radius 1 is 0.433 bits per heavy atom. The quantitative estimate of drug-likeness (QED) is 0.161. The maximum absolute atomic E-state index is 5.47. The lowest BCUT2D eigenvalue weighted by molar-refractivity contribution is 0.566. The Hall–Kier alpha value is -8.13. The number of rotatable bonds is 4. The summed E-state index contributed by atoms with van der Waals surface area (Å²) in [4.78, 5) is 5.47. The van der Waals surface area contributed by atoms with Crippen LogP contribution in [0.3, 0.4) is 0 Å². The number of benzene rings is 9. The molecule has 1 nitrogen and oxygen atoms in total. The Morgan fingerprint density at radius 3 is 1.99 bits per heavy atom. The van der Waals surface area contributed by atoms with Gasteiger partial charge in [0.25, 0.3) is 0 Å². The first kappa shape index (κ1) is 37.1. The molecule has 0 amide bonds. The molecule has 10 aromatic rings. The second-order valence-electron chi connectivity index (χ2n) is 19.8. The second-order valence-corrected chi connectivity index (χ2v) is 19.8. The number of fused-ring (bicyclic) bond motifs is 6. The highest BCUT2D eigenvalue weighted by Gasteiger charge is 2.41. The van der Waals surface area contributed by atoms with Gasteiger partial charge in [0.2, 0.25) is 0 Å². The minimum absolute atomic E-state index is 0.230. The zero-order valence-electron chi connectivity index (χ0n) is 37.3. The van der Waals surface area contributed by atoms with E-state index in [-0.39, 0.29) is 5.41 Å². The van der Waals surface area contributed by atoms with Gasteiger partial charge in [0, 0.05) is 28.2 Å². The van der Waals surface area contributed by atoms with E-state index in [0.29, 0.717) is 11.8 Å². The van der Waals surface area contributed by atoms with Crippen molar-refractivity contribution in [3.63, 3.8) is 0 Å². The molecule has 15 rings (SSSR count). The average molecular weight is 850 g/mol. The molecular formula is C66H43N. The summed E-state index contributed by atoms with van der Waals surface area (Å²) in [5.41, 5.74) is 21.3. The molecule has 5 aliphatic carbocycles. The van der Waals surface area contributed by atoms with Gasteiger partial charge in [0.05, 0.1) is 11.2 Å². The summed E-state index contributed by atoms with van der Waals surface area (Å²) < 4.78 is 0. The van der Waals surface area contributed by atoms with Crippen LogP contribution < -0.4 is 0 Å². The molecule has 1 heterocycles. The summed E-state index contributed by atoms with van der Waals surface area (Å²) >= 11 is 0. The molecule has 0 aliphatic heterocycles. The van der Waals surface area contributed by atoms with Gasteiger partial charge in [0.15, 0.2) is 0 Å². The number of pyridine rings is 1. The van der Waals surface area contributed by atoms with Crippen LogP contribution in [0.25, 0.3) is 104 Å². The maximum Gasteiger partial charge on any atom is 0.0759 e. The van der Waals surface area contributed by atoms with Gasteiger partial charge in [-0.25, -0.2) is 4.98 Å². The fraction of sp³-hybridized carbons (Fsp3) is 0.0758. The van der Waals surface area contributed by atoms with Crippen LogP contribution in [-0.4, -0.2) is 4.98 Å². The summed E-state index contributed by atoms with van der Waals surface area (Å²) in [5.74, 6) is 0.642. The van der Waals surface area contributed by atoms with Gasteiger partial charge >= 0.3 is 0 Å². The molecule has 0 fully saturated rings. The molecule has 1 heteroatoms. The van der Waals surface area contributed by atoms with Crippen molar-refractivity contribution in [2.24, 2.45) is 11.8 Å². The smallest absolute Gasteiger partial charge is 0.0759 e. The molecule has 0 bridgehead atoms. The minimum atomic E-state index is -0.230. The van der Waals surface area contributed by atoms with Crippen LogP contribution in [0, 0.1) is 11.8 Å². The van der Waals surface area contributed by atoms with E-state index in [9.17, 15) is 0 Å². The van der Waals surface area contributed by atoms with Gasteiger partial charge in [0.1, 0.15) is 0 Å². The highest BCUT2D eigenvalue weighted by molar-refractivity contribution is 6.25. The summed E-state index contributed by atoms with van der Waals surface area (Å²) in [7, 11) is 0. The topological polar surface area (TPSA) is 12.9 Å². The molecule has 67 heavy (non-hydrogen) atoms. The highest BCUT2D eigenvalue weighted by atomic mass is 14.7. The van der Waals surface area contributed by atoms with Gasteiger partial charge in [-0.15, -0.1) is 0 Å². The zero-order chi connectivity index (χ0) is 44.1. The van der Waals surface area contributed by atoms with Crippen molar-refractivity contribution in [1.82, 2.24) is 4.98 Å². The van der Waals surface area contributed by atoms with E-state index >= 15 is 0 Å². The van der Waals surface area contributed by atoms with E-state index in [4.69, 9.17) is 4.98 Å². The van der Waals surface area contributed by atoms with Crippen molar-refractivity contribution in [2.45, 2.75) is 19.3 Å². The van der Waals surface area contributed by atoms with Crippen molar-refractivity contribution in [2.75, 3.05) is 0 Å². The molecule has 0 saturated carbocycles. The van der Waals surface area contributed by atoms with E-state index in [1.807, 2.05) is 0 Å². The molecule has 312 valence electrons. The van der Waals surface area contributed by atoms with Crippen LogP contribution in [0.1, 0.15) is 30.5 Å². The molecule has 2 atom stereocenters. The van der Waals surface area contributed by atoms with Crippen LogP contribution >= 0.6 is 0 Å². The number of hydrogen-bond acceptors (Lipinski definition) is 1. The third kappa shape index (κ3) is 5.17. The van der Waals surface area contributed by atoms with Crippen LogP contribution in [0.4, 0.5) is 0 Å². The molecule has 0 saturated heterocycles. The predicted octanol–water partition coefficient (Wildman–Crippen LogP) is 17.1. The Kier molecular flexibility index (Phi) is 7.47. The monoisotopic (exact) mass is 849 g/mol. The van der Waals surface area contributed by atoms with E-state index < -0.39 is 0 Å². The zero-order valence-corrected chi connectivity index (χ0v) is 37.3. The Labute approximate surface area is 389 Å². The molecule has 0 N–H and O–H groups in total. The third-order valence-electron chi connectivity index (χ3n) is 15.9. The largest absolute Gasteiger partial charge is 0.247 e. The van der Waals surface area contributed by atoms with Crippen LogP contribution in [-0.2, 0) is 5.41 Å². The SMILES string of the molecule is CC1(C)c2ccccc2-c2nc3ccc4ccccc4c3c(-c3ccc(-c4cc(C5=C6C=CC7=CC=CC8=CC=C(C=C5)C6C78)cc(-c5ccc6ccc7cccc8ccc5c6c78)c4)cc3)c21. The molecular weight excluding hydrogens is 807 g/mol. The van der Waals surface area contributed by atoms with Gasteiger partial charge in [-0.3, -0.25) is 0 Å². The van der Waals surface area contributed by atoms with Gasteiger partial charge in [-0.2, -0.15) is 0 Å². The lowest BCUT2D eigenvalue weighted by Crippen LogP contribution is -2.29. The highest BCUT2D eigenvalue weighted by Crippen LogP contribution is 2.55. The molecule has 5 aliphatic rings. The van der Waals surface area contributed by atoms with E-state index in [1.54, 1.807) is 0 Å². The summed E-state index contributed by atoms with van der Waals surface area (Å²) in [6, 6.07) is 59.5. The summed E-state index contributed by atoms with van der Waals surface area (Å²) in [6.45, 7) is 4.75. The van der Waals surface area contributed by atoms with Crippen LogP contribution in [0.2, 0.25) is 0 Å². The fourth-order valence-corrected chi connectivity index (χ4v) is 12.9. The first-order chi connectivity index (χ1) is 33.0. The first-order valence-corrected chi connectivity index (χ1v) is 23.8. The van der Waals surface area contributed by atoms with Crippen molar-refractivity contribution in [3.05, 3.63) is 251 Å². The lowest BCUT2D eigenvalue weighted by atomic mass is 9.63. The Balaban J connectivity index is 0.954. The summed E-state index contributed by atoms with van der Waals surface area (Å²) in [6.07, 6.45) is 21.0. The van der Waals surface area contributed by atoms with Crippen LogP contribution in [0.5, 0.6) is 0 Å². The second kappa shape index (κ2) is 13.5. The van der Waals surface area contributed by atoms with E-state index in [2.05, 4.69) is 226 Å². The van der Waals surface area contributed by atoms with Gasteiger partial charge in [-0.05, 0) is 145 Å². The lowest BCUT2D eigenvalue weighted by Gasteiger charge is -2.40. The Bertz CT molecular complexity index is 4080. The van der Waals surface area contributed by atoms with Crippen molar-refractivity contribution >= 4 is 59.6 Å². The van der Waals surface area contributed by atoms with Crippen molar-refractivity contribution < 1.29 is 0 Å². The fourth-order valence-electron chi connectivity index (χ4n) is 12.9. The number of nitrogens with zero attached hydrogens (tertiary/aromatic N) is 1. The van der Waals surface area contributed by atoms with Crippen molar-refractivity contribution in [3.8, 4) is 44.6 Å². The molecule has 0 radical (unpaired) electrons. The number of hydrogen-bond donors (Lipinski definition) is 0. The molecule has 0 spiro atoms. The average Bonchev–Trinajstić information content (AvgIpc) is 3.61. The maximum atomic E-state index is 5.47. The van der Waals surface area contributed by atoms with Gasteiger partial charge < -0.3 is 0 Å².